The van der Waals surface area contributed by atoms with Gasteiger partial charge in [0.25, 0.3) is 5.89 Å². The van der Waals surface area contributed by atoms with E-state index >= 15 is 0 Å². The zero-order valence-electron chi connectivity index (χ0n) is 10.7. The summed E-state index contributed by atoms with van der Waals surface area (Å²) in [6.07, 6.45) is 1.62. The average Bonchev–Trinajstić information content (AvgIpc) is 2.85. The Morgan fingerprint density at radius 1 is 1.50 bits per heavy atom. The van der Waals surface area contributed by atoms with Gasteiger partial charge in [0.1, 0.15) is 0 Å². The molecule has 0 atom stereocenters. The van der Waals surface area contributed by atoms with Crippen LogP contribution >= 0.6 is 11.6 Å². The molecule has 20 heavy (non-hydrogen) atoms. The van der Waals surface area contributed by atoms with Gasteiger partial charge in [-0.2, -0.15) is 4.98 Å². The minimum atomic E-state index is -0.558. The van der Waals surface area contributed by atoms with Crippen LogP contribution in [0.25, 0.3) is 0 Å². The van der Waals surface area contributed by atoms with Crippen LogP contribution in [0.2, 0.25) is 5.02 Å². The minimum Gasteiger partial charge on any atom is -0.477 e. The van der Waals surface area contributed by atoms with Crippen molar-refractivity contribution in [1.29, 1.82) is 0 Å². The number of nitro benzene ring substituents is 1. The SMILES string of the molecule is CCCc1noc(COc2ccc(Cl)cc2[N+](=O)[O-])n1. The third-order valence-electron chi connectivity index (χ3n) is 2.45. The lowest BCUT2D eigenvalue weighted by atomic mass is 10.3. The molecule has 0 fully saturated rings. The van der Waals surface area contributed by atoms with E-state index in [-0.39, 0.29) is 29.0 Å². The summed E-state index contributed by atoms with van der Waals surface area (Å²) in [6.45, 7) is 1.97. The van der Waals surface area contributed by atoms with Crippen molar-refractivity contribution in [2.75, 3.05) is 0 Å². The summed E-state index contributed by atoms with van der Waals surface area (Å²) in [5.74, 6) is 0.976. The maximum atomic E-state index is 10.9. The van der Waals surface area contributed by atoms with Crippen LogP contribution in [-0.4, -0.2) is 15.1 Å². The maximum Gasteiger partial charge on any atom is 0.312 e. The summed E-state index contributed by atoms with van der Waals surface area (Å²) in [6, 6.07) is 4.18. The predicted octanol–water partition coefficient (Wildman–Crippen LogP) is 3.16. The highest BCUT2D eigenvalue weighted by atomic mass is 35.5. The van der Waals surface area contributed by atoms with Gasteiger partial charge < -0.3 is 9.26 Å². The van der Waals surface area contributed by atoms with Gasteiger partial charge in [0, 0.05) is 17.5 Å². The van der Waals surface area contributed by atoms with Gasteiger partial charge in [-0.05, 0) is 18.6 Å². The molecule has 0 saturated heterocycles. The van der Waals surface area contributed by atoms with Crippen molar-refractivity contribution < 1.29 is 14.2 Å². The lowest BCUT2D eigenvalue weighted by Gasteiger charge is -2.04. The molecule has 106 valence electrons. The third kappa shape index (κ3) is 3.45. The number of nitrogens with zero attached hydrogens (tertiary/aromatic N) is 3. The Morgan fingerprint density at radius 2 is 2.30 bits per heavy atom. The molecule has 2 rings (SSSR count). The van der Waals surface area contributed by atoms with Crippen LogP contribution in [0, 0.1) is 10.1 Å². The lowest BCUT2D eigenvalue weighted by molar-refractivity contribution is -0.385. The van der Waals surface area contributed by atoms with Gasteiger partial charge in [-0.1, -0.05) is 23.7 Å². The summed E-state index contributed by atoms with van der Waals surface area (Å²) >= 11 is 5.72. The number of hydrogen-bond donors (Lipinski definition) is 0. The fourth-order valence-electron chi connectivity index (χ4n) is 1.57. The standard InChI is InChI=1S/C12H12ClN3O4/c1-2-3-11-14-12(20-15-11)7-19-10-5-4-8(13)6-9(10)16(17)18/h4-6H,2-3,7H2,1H3. The first-order chi connectivity index (χ1) is 9.60. The van der Waals surface area contributed by atoms with Gasteiger partial charge >= 0.3 is 5.69 Å². The van der Waals surface area contributed by atoms with Crippen LogP contribution in [0.1, 0.15) is 25.1 Å². The van der Waals surface area contributed by atoms with Gasteiger partial charge in [0.2, 0.25) is 0 Å². The number of benzene rings is 1. The van der Waals surface area contributed by atoms with E-state index < -0.39 is 4.92 Å². The number of nitro groups is 1. The third-order valence-corrected chi connectivity index (χ3v) is 2.69. The molecule has 0 bridgehead atoms. The molecule has 1 heterocycles. The molecule has 0 aliphatic heterocycles. The Labute approximate surface area is 119 Å². The minimum absolute atomic E-state index is 0.0286. The topological polar surface area (TPSA) is 91.3 Å². The first-order valence-electron chi connectivity index (χ1n) is 5.98. The summed E-state index contributed by atoms with van der Waals surface area (Å²) in [5.41, 5.74) is -0.203. The molecule has 0 unspecified atom stereocenters. The van der Waals surface area contributed by atoms with Crippen molar-refractivity contribution in [1.82, 2.24) is 10.1 Å². The summed E-state index contributed by atoms with van der Waals surface area (Å²) < 4.78 is 10.3. The second kappa shape index (κ2) is 6.33. The fourth-order valence-corrected chi connectivity index (χ4v) is 1.74. The van der Waals surface area contributed by atoms with Crippen LogP contribution in [0.5, 0.6) is 5.75 Å². The zero-order chi connectivity index (χ0) is 14.5. The summed E-state index contributed by atoms with van der Waals surface area (Å²) in [4.78, 5) is 14.4. The second-order valence-corrected chi connectivity index (χ2v) is 4.45. The van der Waals surface area contributed by atoms with E-state index in [1.165, 1.54) is 18.2 Å². The fraction of sp³-hybridized carbons (Fsp3) is 0.333. The first kappa shape index (κ1) is 14.3. The molecule has 0 N–H and O–H groups in total. The van der Waals surface area contributed by atoms with E-state index in [2.05, 4.69) is 10.1 Å². The Hall–Kier alpha value is -2.15. The molecule has 8 heteroatoms. The van der Waals surface area contributed by atoms with Crippen LogP contribution in [0.3, 0.4) is 0 Å². The van der Waals surface area contributed by atoms with E-state index in [1.807, 2.05) is 6.92 Å². The van der Waals surface area contributed by atoms with E-state index in [1.54, 1.807) is 0 Å². The van der Waals surface area contributed by atoms with E-state index in [0.29, 0.717) is 12.2 Å². The summed E-state index contributed by atoms with van der Waals surface area (Å²) in [5, 5.41) is 14.9. The number of hydrogen-bond acceptors (Lipinski definition) is 6. The molecule has 0 saturated carbocycles. The van der Waals surface area contributed by atoms with Gasteiger partial charge in [-0.25, -0.2) is 0 Å². The van der Waals surface area contributed by atoms with Crippen LogP contribution < -0.4 is 4.74 Å². The highest BCUT2D eigenvalue weighted by Gasteiger charge is 2.17. The molecule has 7 nitrogen and oxygen atoms in total. The largest absolute Gasteiger partial charge is 0.477 e. The van der Waals surface area contributed by atoms with Gasteiger partial charge in [0.15, 0.2) is 18.2 Å². The molecule has 0 amide bonds. The molecule has 0 radical (unpaired) electrons. The Balaban J connectivity index is 2.08. The molecule has 1 aromatic heterocycles. The average molecular weight is 298 g/mol. The quantitative estimate of drug-likeness (QED) is 0.600. The second-order valence-electron chi connectivity index (χ2n) is 4.01. The molecule has 0 aliphatic carbocycles. The molecular formula is C12H12ClN3O4. The van der Waals surface area contributed by atoms with Crippen molar-refractivity contribution in [2.45, 2.75) is 26.4 Å². The van der Waals surface area contributed by atoms with Gasteiger partial charge in [-0.3, -0.25) is 10.1 Å². The van der Waals surface area contributed by atoms with E-state index in [0.717, 1.165) is 6.42 Å². The van der Waals surface area contributed by atoms with Crippen LogP contribution in [0.4, 0.5) is 5.69 Å². The molecule has 1 aromatic carbocycles. The van der Waals surface area contributed by atoms with Gasteiger partial charge in [0.05, 0.1) is 4.92 Å². The normalized spacial score (nSPS) is 10.5. The Kier molecular flexibility index (Phi) is 4.52. The van der Waals surface area contributed by atoms with Crippen molar-refractivity contribution in [2.24, 2.45) is 0 Å². The maximum absolute atomic E-state index is 10.9. The van der Waals surface area contributed by atoms with Crippen molar-refractivity contribution in [3.05, 3.63) is 45.1 Å². The highest BCUT2D eigenvalue weighted by molar-refractivity contribution is 6.30. The number of rotatable bonds is 6. The highest BCUT2D eigenvalue weighted by Crippen LogP contribution is 2.30. The summed E-state index contributed by atoms with van der Waals surface area (Å²) in [7, 11) is 0. The van der Waals surface area contributed by atoms with E-state index in [4.69, 9.17) is 20.9 Å². The number of halogens is 1. The molecule has 2 aromatic rings. The van der Waals surface area contributed by atoms with Crippen molar-refractivity contribution in [3.8, 4) is 5.75 Å². The van der Waals surface area contributed by atoms with E-state index in [9.17, 15) is 10.1 Å². The monoisotopic (exact) mass is 297 g/mol. The predicted molar refractivity (Wildman–Crippen MR) is 70.7 cm³/mol. The van der Waals surface area contributed by atoms with Crippen molar-refractivity contribution in [3.63, 3.8) is 0 Å². The molecular weight excluding hydrogens is 286 g/mol. The molecule has 0 aliphatic rings. The molecule has 0 spiro atoms. The first-order valence-corrected chi connectivity index (χ1v) is 6.36. The zero-order valence-corrected chi connectivity index (χ0v) is 11.5. The number of ether oxygens (including phenoxy) is 1. The smallest absolute Gasteiger partial charge is 0.312 e. The number of aromatic nitrogens is 2. The van der Waals surface area contributed by atoms with Crippen LogP contribution in [-0.2, 0) is 13.0 Å². The Bertz CT molecular complexity index is 614. The Morgan fingerprint density at radius 3 is 3.00 bits per heavy atom. The van der Waals surface area contributed by atoms with Crippen LogP contribution in [0.15, 0.2) is 22.7 Å². The lowest BCUT2D eigenvalue weighted by Crippen LogP contribution is -1.99. The van der Waals surface area contributed by atoms with Gasteiger partial charge in [-0.15, -0.1) is 0 Å². The van der Waals surface area contributed by atoms with Crippen molar-refractivity contribution >= 4 is 17.3 Å². The number of aryl methyl sites for hydroxylation is 1.